The average Bonchev–Trinajstić information content (AvgIpc) is 2.99. The Bertz CT molecular complexity index is 717. The van der Waals surface area contributed by atoms with Gasteiger partial charge in [-0.05, 0) is 12.5 Å². The number of carbonyl (C=O) groups excluding carboxylic acids is 1. The van der Waals surface area contributed by atoms with Crippen LogP contribution < -0.4 is 5.73 Å². The van der Waals surface area contributed by atoms with Gasteiger partial charge in [0.2, 0.25) is 5.91 Å². The molecule has 3 rings (SSSR count). The van der Waals surface area contributed by atoms with Gasteiger partial charge in [0, 0.05) is 24.5 Å². The van der Waals surface area contributed by atoms with E-state index in [1.54, 1.807) is 0 Å². The molecule has 24 heavy (non-hydrogen) atoms. The molecular weight excluding hydrogens is 350 g/mol. The average molecular weight is 369 g/mol. The summed E-state index contributed by atoms with van der Waals surface area (Å²) in [6, 6.07) is -0.603. The molecule has 1 aromatic rings. The summed E-state index contributed by atoms with van der Waals surface area (Å²) in [5.41, 5.74) is 6.55. The first-order valence-corrected chi connectivity index (χ1v) is 9.73. The summed E-state index contributed by atoms with van der Waals surface area (Å²) in [6.07, 6.45) is 0.794. The Balaban J connectivity index is 1.82. The van der Waals surface area contributed by atoms with Crippen LogP contribution in [0.1, 0.15) is 19.7 Å². The summed E-state index contributed by atoms with van der Waals surface area (Å²) in [5, 5.41) is 18.4. The maximum Gasteiger partial charge on any atom is 0.352 e. The molecule has 1 unspecified atom stereocenters. The summed E-state index contributed by atoms with van der Waals surface area (Å²) in [5.74, 6) is 0.522. The Hall–Kier alpha value is -1.52. The first-order valence-electron chi connectivity index (χ1n) is 7.70. The molecule has 1 fully saturated rings. The van der Waals surface area contributed by atoms with Crippen molar-refractivity contribution in [2.75, 3.05) is 11.5 Å². The fraction of sp³-hybridized carbons (Fsp3) is 0.571. The summed E-state index contributed by atoms with van der Waals surface area (Å²) >= 11 is 2.96. The van der Waals surface area contributed by atoms with E-state index < -0.39 is 12.0 Å². The van der Waals surface area contributed by atoms with Crippen molar-refractivity contribution in [3.63, 3.8) is 0 Å². The van der Waals surface area contributed by atoms with Crippen LogP contribution in [-0.4, -0.2) is 59.6 Å². The second-order valence-electron chi connectivity index (χ2n) is 5.48. The predicted octanol–water partition coefficient (Wildman–Crippen LogP) is 0.534. The third-order valence-electron chi connectivity index (χ3n) is 4.09. The number of β-lactam (4-membered cyclic amide) rings is 1. The van der Waals surface area contributed by atoms with Crippen LogP contribution in [0.5, 0.6) is 0 Å². The van der Waals surface area contributed by atoms with Crippen LogP contribution in [0, 0.1) is 0 Å². The van der Waals surface area contributed by atoms with Gasteiger partial charge in [-0.1, -0.05) is 18.7 Å². The lowest BCUT2D eigenvalue weighted by atomic mass is 10.0. The van der Waals surface area contributed by atoms with Crippen LogP contribution in [0.25, 0.3) is 0 Å². The highest BCUT2D eigenvalue weighted by molar-refractivity contribution is 8.01. The van der Waals surface area contributed by atoms with E-state index in [1.807, 2.05) is 18.4 Å². The molecule has 10 heteroatoms. The van der Waals surface area contributed by atoms with Crippen molar-refractivity contribution in [1.82, 2.24) is 19.7 Å². The van der Waals surface area contributed by atoms with Gasteiger partial charge in [0.15, 0.2) is 5.16 Å². The van der Waals surface area contributed by atoms with Gasteiger partial charge in [0.05, 0.1) is 0 Å². The highest BCUT2D eigenvalue weighted by Crippen LogP contribution is 2.40. The molecule has 1 saturated heterocycles. The van der Waals surface area contributed by atoms with Gasteiger partial charge in [-0.2, -0.15) is 0 Å². The first kappa shape index (κ1) is 17.3. The van der Waals surface area contributed by atoms with Crippen LogP contribution in [0.15, 0.2) is 16.4 Å². The van der Waals surface area contributed by atoms with Crippen molar-refractivity contribution < 1.29 is 14.7 Å². The molecule has 2 aliphatic rings. The summed E-state index contributed by atoms with van der Waals surface area (Å²) in [4.78, 5) is 24.9. The van der Waals surface area contributed by atoms with E-state index in [-0.39, 0.29) is 17.0 Å². The molecule has 0 bridgehead atoms. The number of carboxylic acid groups (broad SMARTS) is 1. The number of carboxylic acids is 1. The minimum Gasteiger partial charge on any atom is -0.477 e. The lowest BCUT2D eigenvalue weighted by Crippen LogP contribution is -2.68. The van der Waals surface area contributed by atoms with E-state index in [2.05, 4.69) is 10.2 Å². The van der Waals surface area contributed by atoms with Crippen molar-refractivity contribution in [1.29, 1.82) is 0 Å². The number of aryl methyl sites for hydroxylation is 1. The summed E-state index contributed by atoms with van der Waals surface area (Å²) < 4.78 is 2.02. The molecule has 2 atom stereocenters. The number of aliphatic carboxylic acids is 1. The third kappa shape index (κ3) is 2.72. The molecule has 0 aliphatic carbocycles. The Morgan fingerprint density at radius 1 is 1.46 bits per heavy atom. The maximum absolute atomic E-state index is 11.9. The van der Waals surface area contributed by atoms with Gasteiger partial charge in [-0.25, -0.2) is 4.79 Å². The topological polar surface area (TPSA) is 114 Å². The van der Waals surface area contributed by atoms with E-state index in [9.17, 15) is 14.7 Å². The van der Waals surface area contributed by atoms with E-state index in [0.29, 0.717) is 11.5 Å². The number of carbonyl (C=O) groups is 2. The zero-order valence-electron chi connectivity index (χ0n) is 13.4. The van der Waals surface area contributed by atoms with Crippen molar-refractivity contribution in [2.24, 2.45) is 5.73 Å². The molecule has 1 aromatic heterocycles. The van der Waals surface area contributed by atoms with E-state index >= 15 is 0 Å². The van der Waals surface area contributed by atoms with Crippen molar-refractivity contribution in [2.45, 2.75) is 43.4 Å². The number of rotatable bonds is 6. The van der Waals surface area contributed by atoms with Crippen LogP contribution in [0.2, 0.25) is 0 Å². The Kier molecular flexibility index (Phi) is 4.88. The van der Waals surface area contributed by atoms with E-state index in [1.165, 1.54) is 28.4 Å². The van der Waals surface area contributed by atoms with Crippen LogP contribution >= 0.6 is 23.5 Å². The SMILES string of the molecule is CCc1nnc(SCC2=C(C(=O)O)N3C(=O)C(N)[C@H]3SC2)n1CC. The molecule has 1 amide bonds. The molecule has 3 heterocycles. The molecule has 2 aliphatic heterocycles. The molecule has 3 N–H and O–H groups in total. The monoisotopic (exact) mass is 369 g/mol. The van der Waals surface area contributed by atoms with Gasteiger partial charge in [0.25, 0.3) is 0 Å². The minimum absolute atomic E-state index is 0.0798. The van der Waals surface area contributed by atoms with E-state index in [4.69, 9.17) is 5.73 Å². The fourth-order valence-electron chi connectivity index (χ4n) is 2.85. The highest BCUT2D eigenvalue weighted by atomic mass is 32.2. The van der Waals surface area contributed by atoms with Crippen molar-refractivity contribution in [3.8, 4) is 0 Å². The van der Waals surface area contributed by atoms with Gasteiger partial charge >= 0.3 is 5.97 Å². The van der Waals surface area contributed by atoms with Crippen molar-refractivity contribution in [3.05, 3.63) is 17.1 Å². The molecule has 0 radical (unpaired) electrons. The minimum atomic E-state index is -1.08. The Morgan fingerprint density at radius 2 is 2.21 bits per heavy atom. The normalized spacial score (nSPS) is 23.3. The highest BCUT2D eigenvalue weighted by Gasteiger charge is 2.51. The number of amides is 1. The fourth-order valence-corrected chi connectivity index (χ4v) is 5.30. The molecule has 8 nitrogen and oxygen atoms in total. The van der Waals surface area contributed by atoms with Gasteiger partial charge in [0.1, 0.15) is 22.9 Å². The Labute approximate surface area is 147 Å². The number of nitrogens with zero attached hydrogens (tertiary/aromatic N) is 4. The molecule has 130 valence electrons. The smallest absolute Gasteiger partial charge is 0.352 e. The molecule has 0 aromatic carbocycles. The van der Waals surface area contributed by atoms with Crippen molar-refractivity contribution >= 4 is 35.4 Å². The quantitative estimate of drug-likeness (QED) is 0.551. The lowest BCUT2D eigenvalue weighted by Gasteiger charge is -2.48. The maximum atomic E-state index is 11.9. The number of aromatic nitrogens is 3. The van der Waals surface area contributed by atoms with E-state index in [0.717, 1.165) is 29.5 Å². The van der Waals surface area contributed by atoms with Gasteiger partial charge < -0.3 is 15.4 Å². The van der Waals surface area contributed by atoms with Gasteiger partial charge in [-0.15, -0.1) is 22.0 Å². The lowest BCUT2D eigenvalue weighted by molar-refractivity contribution is -0.147. The second kappa shape index (κ2) is 6.77. The largest absolute Gasteiger partial charge is 0.477 e. The molecular formula is C14H19N5O3S2. The zero-order chi connectivity index (χ0) is 17.4. The summed E-state index contributed by atoms with van der Waals surface area (Å²) in [7, 11) is 0. The number of hydrogen-bond acceptors (Lipinski definition) is 7. The number of thioether (sulfide) groups is 2. The standard InChI is InChI=1S/C14H19N5O3S2/c1-3-8-16-17-14(18(8)4-2)24-6-7-5-23-12-9(15)11(20)19(12)10(7)13(21)22/h9,12H,3-6,15H2,1-2H3,(H,21,22)/t9?,12-/m1/s1. The predicted molar refractivity (Wildman–Crippen MR) is 91.5 cm³/mol. The molecule has 0 saturated carbocycles. The number of fused-ring (bicyclic) bond motifs is 1. The Morgan fingerprint density at radius 3 is 2.83 bits per heavy atom. The first-order chi connectivity index (χ1) is 11.5. The zero-order valence-corrected chi connectivity index (χ0v) is 15.1. The number of nitrogens with two attached hydrogens (primary N) is 1. The third-order valence-corrected chi connectivity index (χ3v) is 6.51. The second-order valence-corrected chi connectivity index (χ2v) is 7.53. The van der Waals surface area contributed by atoms with Crippen LogP contribution in [0.4, 0.5) is 0 Å². The van der Waals surface area contributed by atoms with Crippen LogP contribution in [0.3, 0.4) is 0 Å². The van der Waals surface area contributed by atoms with Gasteiger partial charge in [-0.3, -0.25) is 9.69 Å². The van der Waals surface area contributed by atoms with Crippen LogP contribution in [-0.2, 0) is 22.6 Å². The number of hydrogen-bond donors (Lipinski definition) is 2. The molecule has 0 spiro atoms. The summed E-state index contributed by atoms with van der Waals surface area (Å²) in [6.45, 7) is 4.81.